The predicted octanol–water partition coefficient (Wildman–Crippen LogP) is 14.8. The molecule has 0 atom stereocenters. The molecule has 6 aromatic carbocycles. The van der Waals surface area contributed by atoms with Crippen LogP contribution in [0.1, 0.15) is 121 Å². The summed E-state index contributed by atoms with van der Waals surface area (Å²) in [7, 11) is -3.76. The number of hydrogen-bond donors (Lipinski definition) is 0. The van der Waals surface area contributed by atoms with Gasteiger partial charge in [0.05, 0.1) is 35.6 Å². The maximum atomic E-state index is 6.93. The van der Waals surface area contributed by atoms with E-state index in [4.69, 9.17) is 37.2 Å². The van der Waals surface area contributed by atoms with Crippen LogP contribution in [0.4, 0.5) is 22.7 Å². The number of nitrogens with zero attached hydrogens (tertiary/aromatic N) is 4. The summed E-state index contributed by atoms with van der Waals surface area (Å²) >= 11 is 0. The highest BCUT2D eigenvalue weighted by molar-refractivity contribution is 6.84. The van der Waals surface area contributed by atoms with E-state index < -0.39 is 42.7 Å². The molecule has 412 valence electrons. The van der Waals surface area contributed by atoms with Crippen LogP contribution in [0.15, 0.2) is 152 Å². The molecular formula is C64H76B6N4O7. The highest BCUT2D eigenvalue weighted by Gasteiger charge is 2.55. The van der Waals surface area contributed by atoms with Gasteiger partial charge < -0.3 is 42.0 Å². The van der Waals surface area contributed by atoms with Crippen molar-refractivity contribution in [1.82, 2.24) is 9.55 Å². The Morgan fingerprint density at radius 2 is 1.00 bits per heavy atom. The van der Waals surface area contributed by atoms with Crippen molar-refractivity contribution in [2.24, 2.45) is 0 Å². The molecule has 17 heteroatoms. The SMILES string of the molecule is CC(C)(C)B1OB(c2cccc(B3OB(C(C)(C)C)OB(C(C)(C)C)O3)c2N2CN(c3cccc(COCc4ccc5c6cc(-c7ccccc7)ccc6n(-c6cc(C(C)(C)C)ccn6)c5c4)c3)c3ccccc32)OB(C(C)(C)C)O1. The third kappa shape index (κ3) is 11.7. The van der Waals surface area contributed by atoms with Crippen LogP contribution in [0, 0.1) is 0 Å². The lowest BCUT2D eigenvalue weighted by atomic mass is 9.49. The number of para-hydroxylation sites is 3. The smallest absolute Gasteiger partial charge is 0.452 e. The monoisotopic (exact) mass is 1080 g/mol. The zero-order valence-electron chi connectivity index (χ0n) is 50.2. The summed E-state index contributed by atoms with van der Waals surface area (Å²) in [6.45, 7) is 33.7. The molecule has 0 saturated carbocycles. The van der Waals surface area contributed by atoms with Gasteiger partial charge in [-0.2, -0.15) is 0 Å². The van der Waals surface area contributed by atoms with Crippen molar-refractivity contribution in [3.05, 3.63) is 168 Å². The first-order chi connectivity index (χ1) is 38.3. The first-order valence-corrected chi connectivity index (χ1v) is 28.8. The maximum absolute atomic E-state index is 6.93. The molecule has 0 unspecified atom stereocenters. The number of ether oxygens (including phenoxy) is 1. The Hall–Kier alpha value is -6.02. The Labute approximate surface area is 483 Å². The van der Waals surface area contributed by atoms with Gasteiger partial charge in [-0.15, -0.1) is 0 Å². The third-order valence-electron chi connectivity index (χ3n) is 15.5. The fourth-order valence-electron chi connectivity index (χ4n) is 11.0. The van der Waals surface area contributed by atoms with E-state index in [1.807, 2.05) is 6.20 Å². The summed E-state index contributed by atoms with van der Waals surface area (Å²) in [4.78, 5) is 9.69. The second-order valence-corrected chi connectivity index (χ2v) is 27.6. The summed E-state index contributed by atoms with van der Waals surface area (Å²) in [5, 5.41) is 0.970. The van der Waals surface area contributed by atoms with Crippen LogP contribution in [0.5, 0.6) is 0 Å². The lowest BCUT2D eigenvalue weighted by Crippen LogP contribution is -2.62. The molecular weight excluding hydrogens is 1000 g/mol. The van der Waals surface area contributed by atoms with E-state index in [2.05, 4.69) is 264 Å². The molecule has 2 fully saturated rings. The van der Waals surface area contributed by atoms with E-state index in [0.29, 0.717) is 19.9 Å². The number of benzene rings is 6. The number of rotatable bonds is 10. The van der Waals surface area contributed by atoms with E-state index in [0.717, 1.165) is 61.7 Å². The summed E-state index contributed by atoms with van der Waals surface area (Å²) in [6.07, 6.45) is 1.93. The van der Waals surface area contributed by atoms with Gasteiger partial charge in [-0.3, -0.25) is 4.57 Å². The van der Waals surface area contributed by atoms with Crippen molar-refractivity contribution in [3.8, 4) is 16.9 Å². The highest BCUT2D eigenvalue weighted by Crippen LogP contribution is 2.46. The average molecular weight is 1080 g/mol. The van der Waals surface area contributed by atoms with Crippen molar-refractivity contribution in [2.45, 2.75) is 144 Å². The fraction of sp³-hybridized carbons (Fsp3) is 0.359. The minimum Gasteiger partial charge on any atom is -0.452 e. The first kappa shape index (κ1) is 56.8. The summed E-state index contributed by atoms with van der Waals surface area (Å²) in [5.74, 6) is 0.897. The van der Waals surface area contributed by atoms with E-state index in [1.54, 1.807) is 0 Å². The molecule has 2 aromatic heterocycles. The second kappa shape index (κ2) is 21.6. The number of fused-ring (bicyclic) bond motifs is 4. The maximum Gasteiger partial charge on any atom is 0.468 e. The zero-order chi connectivity index (χ0) is 57.4. The number of aromatic nitrogens is 2. The Kier molecular flexibility index (Phi) is 15.2. The molecule has 3 aliphatic rings. The Bertz CT molecular complexity index is 3470. The van der Waals surface area contributed by atoms with E-state index in [1.165, 1.54) is 27.5 Å². The van der Waals surface area contributed by atoms with Gasteiger partial charge in [0.25, 0.3) is 0 Å². The molecule has 11 nitrogen and oxygen atoms in total. The minimum atomic E-state index is -0.784. The van der Waals surface area contributed by atoms with Gasteiger partial charge in [0.2, 0.25) is 0 Å². The lowest BCUT2D eigenvalue weighted by Gasteiger charge is -2.43. The summed E-state index contributed by atoms with van der Waals surface area (Å²) in [5.41, 5.74) is 13.6. The van der Waals surface area contributed by atoms with Crippen LogP contribution in [0.25, 0.3) is 38.8 Å². The standard InChI is InChI=1S/C64H76B6N4O7/c1-60(2,3)48-35-36-71-58(40-48)74-54-34-32-47(46-24-17-16-18-25-46)39-51(54)50-33-31-45(38-57(50)74)42-75-41-44-23-21-26-49(37-44)72-43-73(56-30-20-19-29-55(56)72)59-52(65-76-67(61(4,5)6)80-68(77-65)62(7,8)9)27-22-28-53(59)66-78-69(63(10,11)12)81-70(79-66)64(13,14)15/h16-40H,41-43H2,1-15H3. The van der Waals surface area contributed by atoms with Crippen molar-refractivity contribution < 1.29 is 32.2 Å². The molecule has 0 bridgehead atoms. The minimum absolute atomic E-state index is 0.0372. The van der Waals surface area contributed by atoms with Crippen LogP contribution >= 0.6 is 0 Å². The molecule has 0 spiro atoms. The van der Waals surface area contributed by atoms with Gasteiger partial charge in [0.1, 0.15) is 12.5 Å². The van der Waals surface area contributed by atoms with Crippen molar-refractivity contribution in [2.75, 3.05) is 16.5 Å². The summed E-state index contributed by atoms with van der Waals surface area (Å²) < 4.78 is 49.9. The molecule has 0 N–H and O–H groups in total. The van der Waals surface area contributed by atoms with Gasteiger partial charge in [0, 0.05) is 39.3 Å². The van der Waals surface area contributed by atoms with Gasteiger partial charge in [-0.05, 0) is 109 Å². The molecule has 81 heavy (non-hydrogen) atoms. The molecule has 0 amide bonds. The topological polar surface area (TPSA) is 88.9 Å². The number of anilines is 4. The Morgan fingerprint density at radius 1 is 0.457 bits per heavy atom. The number of hydrogen-bond acceptors (Lipinski definition) is 10. The van der Waals surface area contributed by atoms with Gasteiger partial charge in [-0.1, -0.05) is 195 Å². The molecule has 8 aromatic rings. The molecule has 0 aliphatic carbocycles. The van der Waals surface area contributed by atoms with Gasteiger partial charge >= 0.3 is 42.7 Å². The molecule has 2 saturated heterocycles. The highest BCUT2D eigenvalue weighted by atomic mass is 16.7. The molecule has 11 rings (SSSR count). The van der Waals surface area contributed by atoms with Crippen LogP contribution in [-0.4, -0.2) is 58.9 Å². The van der Waals surface area contributed by atoms with Crippen LogP contribution in [0.2, 0.25) is 21.3 Å². The Balaban J connectivity index is 0.921. The zero-order valence-corrected chi connectivity index (χ0v) is 50.2. The fourth-order valence-corrected chi connectivity index (χ4v) is 11.0. The quantitative estimate of drug-likeness (QED) is 0.123. The van der Waals surface area contributed by atoms with Gasteiger partial charge in [0.15, 0.2) is 0 Å². The van der Waals surface area contributed by atoms with Crippen molar-refractivity contribution in [3.63, 3.8) is 0 Å². The molecule has 5 heterocycles. The van der Waals surface area contributed by atoms with Crippen LogP contribution in [0.3, 0.4) is 0 Å². The van der Waals surface area contributed by atoms with E-state index >= 15 is 0 Å². The summed E-state index contributed by atoms with van der Waals surface area (Å²) in [6, 6.07) is 51.9. The first-order valence-electron chi connectivity index (χ1n) is 28.8. The van der Waals surface area contributed by atoms with E-state index in [9.17, 15) is 0 Å². The third-order valence-corrected chi connectivity index (χ3v) is 15.5. The van der Waals surface area contributed by atoms with Gasteiger partial charge in [-0.25, -0.2) is 4.98 Å². The molecule has 0 radical (unpaired) electrons. The van der Waals surface area contributed by atoms with Crippen molar-refractivity contribution >= 4 is 98.2 Å². The predicted molar refractivity (Wildman–Crippen MR) is 339 cm³/mol. The number of pyridine rings is 1. The van der Waals surface area contributed by atoms with Crippen molar-refractivity contribution in [1.29, 1.82) is 0 Å². The molecule has 3 aliphatic heterocycles. The second-order valence-electron chi connectivity index (χ2n) is 27.6. The van der Waals surface area contributed by atoms with Crippen LogP contribution < -0.4 is 20.7 Å². The largest absolute Gasteiger partial charge is 0.468 e. The normalized spacial score (nSPS) is 15.9. The van der Waals surface area contributed by atoms with E-state index in [-0.39, 0.29) is 26.7 Å². The van der Waals surface area contributed by atoms with Crippen LogP contribution in [-0.2, 0) is 50.8 Å². The average Bonchev–Trinajstić information content (AvgIpc) is 4.16. The lowest BCUT2D eigenvalue weighted by molar-refractivity contribution is 0.107. The Morgan fingerprint density at radius 3 is 1.57 bits per heavy atom.